The maximum atomic E-state index is 5.70. The lowest BCUT2D eigenvalue weighted by atomic mass is 9.99. The van der Waals surface area contributed by atoms with E-state index in [9.17, 15) is 0 Å². The molecule has 0 radical (unpaired) electrons. The smallest absolute Gasteiger partial charge is 0.122 e. The highest BCUT2D eigenvalue weighted by molar-refractivity contribution is 9.10. The molecular formula is C14H18BrN3O. The van der Waals surface area contributed by atoms with E-state index in [0.717, 1.165) is 32.7 Å². The molecule has 0 bridgehead atoms. The fraction of sp³-hybridized carbons (Fsp3) is 0.357. The zero-order valence-electron chi connectivity index (χ0n) is 11.6. The summed E-state index contributed by atoms with van der Waals surface area (Å²) in [7, 11) is 3.62. The van der Waals surface area contributed by atoms with E-state index in [-0.39, 0.29) is 0 Å². The van der Waals surface area contributed by atoms with E-state index in [4.69, 9.17) is 10.5 Å². The van der Waals surface area contributed by atoms with E-state index in [0.29, 0.717) is 6.54 Å². The van der Waals surface area contributed by atoms with Gasteiger partial charge in [-0.1, -0.05) is 0 Å². The molecule has 0 amide bonds. The number of ether oxygens (including phenoxy) is 1. The Balaban J connectivity index is 2.66. The van der Waals surface area contributed by atoms with Gasteiger partial charge in [0.15, 0.2) is 0 Å². The quantitative estimate of drug-likeness (QED) is 0.944. The van der Waals surface area contributed by atoms with Gasteiger partial charge in [-0.05, 0) is 53.0 Å². The average molecular weight is 324 g/mol. The second-order valence-electron chi connectivity index (χ2n) is 4.50. The number of aryl methyl sites for hydroxylation is 1. The van der Waals surface area contributed by atoms with Crippen LogP contribution < -0.4 is 10.5 Å². The lowest BCUT2D eigenvalue weighted by Gasteiger charge is -2.13. The zero-order valence-corrected chi connectivity index (χ0v) is 13.2. The van der Waals surface area contributed by atoms with E-state index in [2.05, 4.69) is 40.9 Å². The third-order valence-corrected chi connectivity index (χ3v) is 4.29. The first-order valence-corrected chi connectivity index (χ1v) is 6.86. The SMILES string of the molecule is COc1ccc(-c2c(Br)c(CN)nn2C)c(C)c1C. The number of hydrogen-bond acceptors (Lipinski definition) is 3. The van der Waals surface area contributed by atoms with Crippen molar-refractivity contribution in [2.24, 2.45) is 12.8 Å². The molecule has 0 unspecified atom stereocenters. The number of hydrogen-bond donors (Lipinski definition) is 1. The number of rotatable bonds is 3. The molecule has 2 aromatic rings. The second-order valence-corrected chi connectivity index (χ2v) is 5.30. The van der Waals surface area contributed by atoms with Crippen LogP contribution in [0.2, 0.25) is 0 Å². The number of halogens is 1. The van der Waals surface area contributed by atoms with Crippen LogP contribution in [0.3, 0.4) is 0 Å². The zero-order chi connectivity index (χ0) is 14.2. The molecule has 1 aromatic heterocycles. The minimum atomic E-state index is 0.419. The van der Waals surface area contributed by atoms with Crippen LogP contribution in [0.1, 0.15) is 16.8 Å². The van der Waals surface area contributed by atoms with Crippen LogP contribution in [0, 0.1) is 13.8 Å². The molecule has 4 nitrogen and oxygen atoms in total. The highest BCUT2D eigenvalue weighted by Gasteiger charge is 2.17. The Morgan fingerprint density at radius 1 is 1.32 bits per heavy atom. The number of nitrogens with zero attached hydrogens (tertiary/aromatic N) is 2. The minimum Gasteiger partial charge on any atom is -0.496 e. The molecular weight excluding hydrogens is 306 g/mol. The van der Waals surface area contributed by atoms with Crippen molar-refractivity contribution in [3.05, 3.63) is 33.4 Å². The molecule has 0 saturated heterocycles. The maximum Gasteiger partial charge on any atom is 0.122 e. The molecule has 1 heterocycles. The van der Waals surface area contributed by atoms with Gasteiger partial charge in [0.2, 0.25) is 0 Å². The standard InChI is InChI=1S/C14H18BrN3O/c1-8-9(2)12(19-4)6-5-10(8)14-13(15)11(7-16)17-18(14)3/h5-6H,7,16H2,1-4H3. The van der Waals surface area contributed by atoms with E-state index in [1.807, 2.05) is 17.8 Å². The van der Waals surface area contributed by atoms with E-state index in [1.54, 1.807) is 7.11 Å². The molecule has 19 heavy (non-hydrogen) atoms. The van der Waals surface area contributed by atoms with Gasteiger partial charge in [-0.25, -0.2) is 0 Å². The molecule has 2 rings (SSSR count). The van der Waals surface area contributed by atoms with E-state index < -0.39 is 0 Å². The van der Waals surface area contributed by atoms with Gasteiger partial charge in [-0.3, -0.25) is 4.68 Å². The number of nitrogens with two attached hydrogens (primary N) is 1. The first-order valence-electron chi connectivity index (χ1n) is 6.07. The highest BCUT2D eigenvalue weighted by Crippen LogP contribution is 2.36. The Morgan fingerprint density at radius 2 is 2.00 bits per heavy atom. The monoisotopic (exact) mass is 323 g/mol. The first-order chi connectivity index (χ1) is 9.01. The minimum absolute atomic E-state index is 0.419. The summed E-state index contributed by atoms with van der Waals surface area (Å²) in [6, 6.07) is 4.04. The number of methoxy groups -OCH3 is 1. The molecule has 0 spiro atoms. The molecule has 0 fully saturated rings. The van der Waals surface area contributed by atoms with E-state index in [1.165, 1.54) is 5.56 Å². The Bertz CT molecular complexity index is 620. The summed E-state index contributed by atoms with van der Waals surface area (Å²) in [5, 5.41) is 4.43. The van der Waals surface area contributed by atoms with Crippen molar-refractivity contribution in [3.8, 4) is 17.0 Å². The Kier molecular flexibility index (Phi) is 3.96. The van der Waals surface area contributed by atoms with Gasteiger partial charge >= 0.3 is 0 Å². The van der Waals surface area contributed by atoms with Crippen molar-refractivity contribution in [1.29, 1.82) is 0 Å². The van der Waals surface area contributed by atoms with Crippen LogP contribution in [0.15, 0.2) is 16.6 Å². The molecule has 5 heteroatoms. The lowest BCUT2D eigenvalue weighted by molar-refractivity contribution is 0.411. The summed E-state index contributed by atoms with van der Waals surface area (Å²) in [5.74, 6) is 0.901. The molecule has 0 aliphatic carbocycles. The maximum absolute atomic E-state index is 5.70. The highest BCUT2D eigenvalue weighted by atomic mass is 79.9. The largest absolute Gasteiger partial charge is 0.496 e. The first kappa shape index (κ1) is 14.1. The average Bonchev–Trinajstić information content (AvgIpc) is 2.68. The van der Waals surface area contributed by atoms with Gasteiger partial charge in [0.25, 0.3) is 0 Å². The van der Waals surface area contributed by atoms with Gasteiger partial charge < -0.3 is 10.5 Å². The molecule has 102 valence electrons. The van der Waals surface area contributed by atoms with Crippen LogP contribution in [0.5, 0.6) is 5.75 Å². The molecule has 0 atom stereocenters. The molecule has 0 aliphatic rings. The Labute approximate surface area is 121 Å². The fourth-order valence-corrected chi connectivity index (χ4v) is 2.96. The predicted octanol–water partition coefficient (Wildman–Crippen LogP) is 2.93. The van der Waals surface area contributed by atoms with Gasteiger partial charge in [0.05, 0.1) is 23.0 Å². The Morgan fingerprint density at radius 3 is 2.53 bits per heavy atom. The lowest BCUT2D eigenvalue weighted by Crippen LogP contribution is -1.99. The van der Waals surface area contributed by atoms with Crippen molar-refractivity contribution in [3.63, 3.8) is 0 Å². The van der Waals surface area contributed by atoms with Gasteiger partial charge in [0, 0.05) is 19.2 Å². The molecule has 2 N–H and O–H groups in total. The van der Waals surface area contributed by atoms with Crippen molar-refractivity contribution >= 4 is 15.9 Å². The molecule has 0 saturated carbocycles. The topological polar surface area (TPSA) is 53.1 Å². The fourth-order valence-electron chi connectivity index (χ4n) is 2.25. The van der Waals surface area contributed by atoms with Crippen LogP contribution in [-0.4, -0.2) is 16.9 Å². The molecule has 1 aromatic carbocycles. The molecule has 0 aliphatic heterocycles. The van der Waals surface area contributed by atoms with Crippen molar-refractivity contribution in [1.82, 2.24) is 9.78 Å². The van der Waals surface area contributed by atoms with Crippen LogP contribution in [-0.2, 0) is 13.6 Å². The summed E-state index contributed by atoms with van der Waals surface area (Å²) in [5.41, 5.74) is 11.1. The second kappa shape index (κ2) is 5.35. The third-order valence-electron chi connectivity index (χ3n) is 3.46. The van der Waals surface area contributed by atoms with E-state index >= 15 is 0 Å². The van der Waals surface area contributed by atoms with Crippen LogP contribution >= 0.6 is 15.9 Å². The van der Waals surface area contributed by atoms with Crippen LogP contribution in [0.4, 0.5) is 0 Å². The summed E-state index contributed by atoms with van der Waals surface area (Å²) in [6.07, 6.45) is 0. The number of aromatic nitrogens is 2. The summed E-state index contributed by atoms with van der Waals surface area (Å²) in [4.78, 5) is 0. The van der Waals surface area contributed by atoms with Gasteiger partial charge in [-0.15, -0.1) is 0 Å². The normalized spacial score (nSPS) is 10.8. The van der Waals surface area contributed by atoms with Crippen LogP contribution in [0.25, 0.3) is 11.3 Å². The van der Waals surface area contributed by atoms with Gasteiger partial charge in [-0.2, -0.15) is 5.10 Å². The van der Waals surface area contributed by atoms with Gasteiger partial charge in [0.1, 0.15) is 5.75 Å². The van der Waals surface area contributed by atoms with Crippen molar-refractivity contribution in [2.75, 3.05) is 7.11 Å². The van der Waals surface area contributed by atoms with Crippen molar-refractivity contribution < 1.29 is 4.74 Å². The summed E-state index contributed by atoms with van der Waals surface area (Å²) >= 11 is 3.60. The summed E-state index contributed by atoms with van der Waals surface area (Å²) in [6.45, 7) is 4.57. The predicted molar refractivity (Wildman–Crippen MR) is 80.3 cm³/mol. The Hall–Kier alpha value is -1.33. The number of benzene rings is 1. The summed E-state index contributed by atoms with van der Waals surface area (Å²) < 4.78 is 8.17. The third kappa shape index (κ3) is 2.28. The van der Waals surface area contributed by atoms with Crippen molar-refractivity contribution in [2.45, 2.75) is 20.4 Å².